The largest absolute Gasteiger partial charge is 0.478 e. The third-order valence-corrected chi connectivity index (χ3v) is 4.03. The minimum Gasteiger partial charge on any atom is -0.478 e. The number of H-pyrrole nitrogens is 1. The summed E-state index contributed by atoms with van der Waals surface area (Å²) in [5, 5.41) is 6.51. The van der Waals surface area contributed by atoms with Crippen LogP contribution < -0.4 is 4.74 Å². The maximum Gasteiger partial charge on any atom is 0.394 e. The molecule has 1 saturated carbocycles. The van der Waals surface area contributed by atoms with Crippen molar-refractivity contribution >= 4 is 5.90 Å². The van der Waals surface area contributed by atoms with Gasteiger partial charge < -0.3 is 9.47 Å². The number of alkyl halides is 3. The van der Waals surface area contributed by atoms with Crippen molar-refractivity contribution < 1.29 is 22.6 Å². The quantitative estimate of drug-likeness (QED) is 0.824. The highest BCUT2D eigenvalue weighted by Gasteiger charge is 2.62. The van der Waals surface area contributed by atoms with Crippen LogP contribution in [-0.4, -0.2) is 42.0 Å². The van der Waals surface area contributed by atoms with E-state index in [1.54, 1.807) is 12.3 Å². The molecule has 1 aromatic heterocycles. The summed E-state index contributed by atoms with van der Waals surface area (Å²) in [4.78, 5) is 3.94. The van der Waals surface area contributed by atoms with Crippen LogP contribution >= 0.6 is 0 Å². The fraction of sp³-hybridized carbons (Fsp3) is 0.667. The molecule has 3 rings (SSSR count). The lowest BCUT2D eigenvalue weighted by molar-refractivity contribution is -0.190. The molecule has 0 spiro atoms. The van der Waals surface area contributed by atoms with Gasteiger partial charge in [0.2, 0.25) is 11.8 Å². The van der Waals surface area contributed by atoms with Crippen molar-refractivity contribution in [3.05, 3.63) is 24.4 Å². The SMILES string of the molecule is CC(C)(C)COc1ccn[nH]1.FC(F)(F)C1(CCOC2=NCC=C2)CC1. The van der Waals surface area contributed by atoms with Crippen molar-refractivity contribution in [3.63, 3.8) is 0 Å². The van der Waals surface area contributed by atoms with E-state index in [1.165, 1.54) is 0 Å². The number of ether oxygens (including phenoxy) is 2. The van der Waals surface area contributed by atoms with Gasteiger partial charge >= 0.3 is 6.18 Å². The zero-order valence-corrected chi connectivity index (χ0v) is 15.4. The van der Waals surface area contributed by atoms with Gasteiger partial charge in [0.25, 0.3) is 0 Å². The molecule has 1 fully saturated rings. The number of nitrogens with zero attached hydrogens (tertiary/aromatic N) is 2. The van der Waals surface area contributed by atoms with Gasteiger partial charge in [-0.25, -0.2) is 10.1 Å². The summed E-state index contributed by atoms with van der Waals surface area (Å²) in [5.41, 5.74) is -1.26. The molecule has 0 amide bonds. The summed E-state index contributed by atoms with van der Waals surface area (Å²) >= 11 is 0. The molecule has 8 heteroatoms. The van der Waals surface area contributed by atoms with Crippen LogP contribution in [0.5, 0.6) is 5.88 Å². The van der Waals surface area contributed by atoms with E-state index in [9.17, 15) is 13.2 Å². The van der Waals surface area contributed by atoms with E-state index in [0.717, 1.165) is 5.88 Å². The minimum atomic E-state index is -4.08. The zero-order chi connectivity index (χ0) is 19.3. The van der Waals surface area contributed by atoms with Gasteiger partial charge in [0.05, 0.1) is 31.4 Å². The zero-order valence-electron chi connectivity index (χ0n) is 15.4. The molecule has 1 aliphatic heterocycles. The first kappa shape index (κ1) is 20.3. The highest BCUT2D eigenvalue weighted by atomic mass is 19.4. The Morgan fingerprint density at radius 1 is 1.19 bits per heavy atom. The standard InChI is InChI=1S/C10H12F3NO.C8H14N2O/c11-10(12,13)9(3-4-9)5-7-15-8-2-1-6-14-8;1-8(2,3)6-11-7-4-5-9-10-7/h1-2H,3-7H2;4-5H,6H2,1-3H3,(H,9,10). The van der Waals surface area contributed by atoms with Crippen LogP contribution in [0.15, 0.2) is 29.4 Å². The summed E-state index contributed by atoms with van der Waals surface area (Å²) in [6.45, 7) is 7.76. The molecule has 0 atom stereocenters. The van der Waals surface area contributed by atoms with Crippen molar-refractivity contribution in [2.75, 3.05) is 19.8 Å². The van der Waals surface area contributed by atoms with Crippen LogP contribution in [0.25, 0.3) is 0 Å². The summed E-state index contributed by atoms with van der Waals surface area (Å²) in [6.07, 6.45) is 1.62. The van der Waals surface area contributed by atoms with Gasteiger partial charge in [-0.3, -0.25) is 0 Å². The number of hydrogen-bond acceptors (Lipinski definition) is 4. The Kier molecular flexibility index (Phi) is 6.36. The highest BCUT2D eigenvalue weighted by Crippen LogP contribution is 2.59. The molecule has 5 nitrogen and oxygen atoms in total. The number of halogens is 3. The molecule has 0 bridgehead atoms. The number of rotatable bonds is 5. The Hall–Kier alpha value is -1.99. The molecule has 0 saturated heterocycles. The van der Waals surface area contributed by atoms with E-state index in [2.05, 4.69) is 36.0 Å². The third kappa shape index (κ3) is 6.38. The Labute approximate surface area is 151 Å². The second-order valence-electron chi connectivity index (χ2n) is 7.73. The Morgan fingerprint density at radius 3 is 2.38 bits per heavy atom. The van der Waals surface area contributed by atoms with Gasteiger partial charge in [-0.1, -0.05) is 26.8 Å². The minimum absolute atomic E-state index is 0.0450. The molecular formula is C18H26F3N3O2. The molecular weight excluding hydrogens is 347 g/mol. The first-order valence-corrected chi connectivity index (χ1v) is 8.64. The number of aliphatic imine (C=N–C) groups is 1. The van der Waals surface area contributed by atoms with Crippen LogP contribution in [0.1, 0.15) is 40.0 Å². The molecule has 0 radical (unpaired) electrons. The average Bonchev–Trinajstić information content (AvgIpc) is 2.97. The second kappa shape index (κ2) is 8.14. The summed E-state index contributed by atoms with van der Waals surface area (Å²) in [7, 11) is 0. The molecule has 2 aliphatic rings. The van der Waals surface area contributed by atoms with Crippen LogP contribution in [0.4, 0.5) is 13.2 Å². The fourth-order valence-corrected chi connectivity index (χ4v) is 2.24. The van der Waals surface area contributed by atoms with Crippen LogP contribution in [-0.2, 0) is 4.74 Å². The molecule has 1 N–H and O–H groups in total. The predicted octanol–water partition coefficient (Wildman–Crippen LogP) is 4.54. The van der Waals surface area contributed by atoms with E-state index in [0.29, 0.717) is 19.0 Å². The van der Waals surface area contributed by atoms with Crippen molar-refractivity contribution in [3.8, 4) is 5.88 Å². The van der Waals surface area contributed by atoms with Crippen LogP contribution in [0, 0.1) is 10.8 Å². The van der Waals surface area contributed by atoms with E-state index >= 15 is 0 Å². The van der Waals surface area contributed by atoms with Crippen molar-refractivity contribution in [1.82, 2.24) is 10.2 Å². The van der Waals surface area contributed by atoms with E-state index in [-0.39, 0.29) is 31.3 Å². The van der Waals surface area contributed by atoms with Gasteiger partial charge in [0.15, 0.2) is 0 Å². The molecule has 0 unspecified atom stereocenters. The smallest absolute Gasteiger partial charge is 0.394 e. The molecule has 26 heavy (non-hydrogen) atoms. The third-order valence-electron chi connectivity index (χ3n) is 4.03. The number of aromatic amines is 1. The van der Waals surface area contributed by atoms with Gasteiger partial charge in [0.1, 0.15) is 0 Å². The van der Waals surface area contributed by atoms with Crippen molar-refractivity contribution in [2.24, 2.45) is 15.8 Å². The fourth-order valence-electron chi connectivity index (χ4n) is 2.24. The predicted molar refractivity (Wildman–Crippen MR) is 93.3 cm³/mol. The van der Waals surface area contributed by atoms with Crippen molar-refractivity contribution in [2.45, 2.75) is 46.2 Å². The summed E-state index contributed by atoms with van der Waals surface area (Å²) in [6, 6.07) is 1.81. The van der Waals surface area contributed by atoms with Gasteiger partial charge in [0, 0.05) is 6.07 Å². The Balaban J connectivity index is 0.000000197. The molecule has 1 aliphatic carbocycles. The van der Waals surface area contributed by atoms with Crippen molar-refractivity contribution in [1.29, 1.82) is 0 Å². The van der Waals surface area contributed by atoms with Crippen LogP contribution in [0.3, 0.4) is 0 Å². The Morgan fingerprint density at radius 2 is 1.92 bits per heavy atom. The second-order valence-corrected chi connectivity index (χ2v) is 7.73. The molecule has 1 aromatic rings. The summed E-state index contributed by atoms with van der Waals surface area (Å²) in [5.74, 6) is 1.19. The monoisotopic (exact) mass is 373 g/mol. The number of nitrogens with one attached hydrogen (secondary N) is 1. The van der Waals surface area contributed by atoms with E-state index in [1.807, 2.05) is 12.1 Å². The first-order valence-electron chi connectivity index (χ1n) is 8.64. The summed E-state index contributed by atoms with van der Waals surface area (Å²) < 4.78 is 48.0. The van der Waals surface area contributed by atoms with E-state index in [4.69, 9.17) is 9.47 Å². The highest BCUT2D eigenvalue weighted by molar-refractivity contribution is 5.89. The van der Waals surface area contributed by atoms with Crippen LogP contribution in [0.2, 0.25) is 0 Å². The molecule has 146 valence electrons. The first-order chi connectivity index (χ1) is 12.1. The van der Waals surface area contributed by atoms with Gasteiger partial charge in [-0.15, -0.1) is 0 Å². The molecule has 2 heterocycles. The average molecular weight is 373 g/mol. The topological polar surface area (TPSA) is 59.5 Å². The maximum absolute atomic E-state index is 12.5. The molecule has 0 aromatic carbocycles. The normalized spacial score (nSPS) is 18.0. The maximum atomic E-state index is 12.5. The lowest BCUT2D eigenvalue weighted by atomic mass is 9.99. The Bertz CT molecular complexity index is 613. The lowest BCUT2D eigenvalue weighted by Gasteiger charge is -2.18. The number of hydrogen-bond donors (Lipinski definition) is 1. The van der Waals surface area contributed by atoms with Gasteiger partial charge in [-0.05, 0) is 30.8 Å². The van der Waals surface area contributed by atoms with Gasteiger partial charge in [-0.2, -0.15) is 18.3 Å². The lowest BCUT2D eigenvalue weighted by Crippen LogP contribution is -2.26. The number of aromatic nitrogens is 2. The van der Waals surface area contributed by atoms with E-state index < -0.39 is 11.6 Å².